The van der Waals surface area contributed by atoms with Crippen LogP contribution in [0.2, 0.25) is 0 Å². The summed E-state index contributed by atoms with van der Waals surface area (Å²) >= 11 is 0. The first-order valence-electron chi connectivity index (χ1n) is 7.68. The van der Waals surface area contributed by atoms with E-state index in [1.165, 1.54) is 0 Å². The smallest absolute Gasteiger partial charge is 0.278 e. The lowest BCUT2D eigenvalue weighted by Crippen LogP contribution is -2.30. The van der Waals surface area contributed by atoms with Gasteiger partial charge in [0.05, 0.1) is 22.8 Å². The van der Waals surface area contributed by atoms with Crippen molar-refractivity contribution in [1.29, 1.82) is 5.26 Å². The van der Waals surface area contributed by atoms with E-state index >= 15 is 0 Å². The third kappa shape index (κ3) is 2.23. The molecule has 1 aromatic carbocycles. The lowest BCUT2D eigenvalue weighted by molar-refractivity contribution is 0.218. The third-order valence-electron chi connectivity index (χ3n) is 4.57. The number of nitrogens with zero attached hydrogens (tertiary/aromatic N) is 4. The van der Waals surface area contributed by atoms with Gasteiger partial charge in [-0.3, -0.25) is 5.10 Å². The fourth-order valence-electron chi connectivity index (χ4n) is 3.36. The van der Waals surface area contributed by atoms with Gasteiger partial charge in [-0.1, -0.05) is 11.2 Å². The zero-order valence-corrected chi connectivity index (χ0v) is 13.4. The Bertz CT molecular complexity index is 1040. The molecule has 2 aromatic heterocycles. The van der Waals surface area contributed by atoms with Crippen LogP contribution in [-0.4, -0.2) is 27.5 Å². The Balaban J connectivity index is 1.96. The molecule has 126 valence electrons. The molecule has 0 amide bonds. The minimum Gasteiger partial charge on any atom is -0.336 e. The summed E-state index contributed by atoms with van der Waals surface area (Å²) in [7, 11) is 0. The maximum atomic E-state index is 13.5. The number of rotatable bonds is 2. The van der Waals surface area contributed by atoms with Gasteiger partial charge in [-0.25, -0.2) is 13.8 Å². The van der Waals surface area contributed by atoms with Crippen LogP contribution in [0.3, 0.4) is 0 Å². The summed E-state index contributed by atoms with van der Waals surface area (Å²) in [5.41, 5.74) is 3.00. The largest absolute Gasteiger partial charge is 0.336 e. The van der Waals surface area contributed by atoms with E-state index in [-0.39, 0.29) is 5.88 Å². The molecule has 2 unspecified atom stereocenters. The molecule has 3 heterocycles. The summed E-state index contributed by atoms with van der Waals surface area (Å²) in [6, 6.07) is 7.46. The highest BCUT2D eigenvalue weighted by Gasteiger charge is 2.41. The van der Waals surface area contributed by atoms with Crippen molar-refractivity contribution in [2.24, 2.45) is 10.9 Å². The summed E-state index contributed by atoms with van der Waals surface area (Å²) in [5, 5.41) is 21.4. The number of aromatic amines is 1. The maximum absolute atomic E-state index is 13.5. The third-order valence-corrected chi connectivity index (χ3v) is 4.57. The van der Waals surface area contributed by atoms with Crippen molar-refractivity contribution in [3.63, 3.8) is 0 Å². The van der Waals surface area contributed by atoms with E-state index in [1.807, 2.05) is 19.1 Å². The molecule has 25 heavy (non-hydrogen) atoms. The molecule has 0 bridgehead atoms. The average Bonchev–Trinajstić information content (AvgIpc) is 3.16. The van der Waals surface area contributed by atoms with Gasteiger partial charge in [0.15, 0.2) is 0 Å². The van der Waals surface area contributed by atoms with Crippen LogP contribution in [0.4, 0.5) is 14.7 Å². The summed E-state index contributed by atoms with van der Waals surface area (Å²) in [6.45, 7) is 3.60. The van der Waals surface area contributed by atoms with Gasteiger partial charge in [0.1, 0.15) is 11.6 Å². The number of hydrogen-bond acceptors (Lipinski definition) is 5. The van der Waals surface area contributed by atoms with Crippen LogP contribution in [0.25, 0.3) is 10.9 Å². The Labute approximate surface area is 141 Å². The Hall–Kier alpha value is -3.08. The van der Waals surface area contributed by atoms with E-state index in [2.05, 4.69) is 20.3 Å². The lowest BCUT2D eigenvalue weighted by Gasteiger charge is -2.26. The molecule has 6 nitrogen and oxygen atoms in total. The second kappa shape index (κ2) is 5.48. The predicted octanol–water partition coefficient (Wildman–Crippen LogP) is 3.79. The zero-order chi connectivity index (χ0) is 17.7. The molecule has 0 saturated carbocycles. The number of benzene rings is 1. The number of aliphatic imine (C=N–C) groups is 1. The summed E-state index contributed by atoms with van der Waals surface area (Å²) in [5.74, 6) is -1.66. The van der Waals surface area contributed by atoms with Crippen LogP contribution >= 0.6 is 0 Å². The monoisotopic (exact) mass is 341 g/mol. The number of hydrogen-bond donors (Lipinski definition) is 1. The quantitative estimate of drug-likeness (QED) is 0.768. The summed E-state index contributed by atoms with van der Waals surface area (Å²) in [4.78, 5) is 3.86. The first-order valence-corrected chi connectivity index (χ1v) is 7.68. The van der Waals surface area contributed by atoms with Crippen LogP contribution in [-0.2, 0) is 0 Å². The second-order valence-electron chi connectivity index (χ2n) is 6.03. The summed E-state index contributed by atoms with van der Waals surface area (Å²) in [6.07, 6.45) is -2.84. The van der Waals surface area contributed by atoms with E-state index in [0.717, 1.165) is 22.2 Å². The Morgan fingerprint density at radius 3 is 2.84 bits per heavy atom. The van der Waals surface area contributed by atoms with Gasteiger partial charge in [0.25, 0.3) is 12.3 Å². The number of aromatic nitrogens is 3. The Morgan fingerprint density at radius 2 is 2.12 bits per heavy atom. The molecule has 0 spiro atoms. The molecular formula is C17H13F2N5O. The molecule has 0 aliphatic carbocycles. The van der Waals surface area contributed by atoms with Gasteiger partial charge in [0, 0.05) is 17.0 Å². The van der Waals surface area contributed by atoms with Gasteiger partial charge in [-0.15, -0.1) is 0 Å². The summed E-state index contributed by atoms with van der Waals surface area (Å²) < 4.78 is 32.0. The van der Waals surface area contributed by atoms with Crippen molar-refractivity contribution in [2.75, 3.05) is 0 Å². The highest BCUT2D eigenvalue weighted by atomic mass is 19.3. The van der Waals surface area contributed by atoms with E-state index in [1.54, 1.807) is 19.1 Å². The van der Waals surface area contributed by atoms with E-state index in [4.69, 9.17) is 4.52 Å². The predicted molar refractivity (Wildman–Crippen MR) is 86.1 cm³/mol. The minimum atomic E-state index is -2.84. The van der Waals surface area contributed by atoms with Crippen LogP contribution in [0.1, 0.15) is 28.4 Å². The molecule has 4 rings (SSSR count). The van der Waals surface area contributed by atoms with E-state index in [0.29, 0.717) is 11.3 Å². The SMILES string of the molecule is Cc1noc2c1C(c1ccc3n[nH]c(C)c3c1)C(C#N)C(C(F)F)=N2. The van der Waals surface area contributed by atoms with Crippen LogP contribution in [0, 0.1) is 31.1 Å². The first kappa shape index (κ1) is 15.4. The number of fused-ring (bicyclic) bond motifs is 2. The van der Waals surface area contributed by atoms with Crippen LogP contribution in [0.15, 0.2) is 27.7 Å². The Kier molecular flexibility index (Phi) is 3.39. The molecule has 2 atom stereocenters. The highest BCUT2D eigenvalue weighted by molar-refractivity contribution is 5.96. The number of nitriles is 1. The standard InChI is InChI=1S/C17H13F2N5O/c1-7-10-5-9(3-4-12(10)23-22-7)14-11(6-20)15(16(18)19)21-17-13(14)8(2)24-25-17/h3-5,11,14,16H,1-2H3,(H,22,23). The van der Waals surface area contributed by atoms with Crippen LogP contribution < -0.4 is 0 Å². The number of halogens is 2. The van der Waals surface area contributed by atoms with E-state index < -0.39 is 24.0 Å². The fourth-order valence-corrected chi connectivity index (χ4v) is 3.36. The number of H-pyrrole nitrogens is 1. The molecule has 0 saturated heterocycles. The number of alkyl halides is 2. The van der Waals surface area contributed by atoms with Crippen LogP contribution in [0.5, 0.6) is 0 Å². The molecule has 1 aliphatic heterocycles. The van der Waals surface area contributed by atoms with Gasteiger partial charge >= 0.3 is 0 Å². The van der Waals surface area contributed by atoms with Gasteiger partial charge in [-0.05, 0) is 31.5 Å². The zero-order valence-electron chi connectivity index (χ0n) is 13.4. The number of aryl methyl sites for hydroxylation is 2. The Morgan fingerprint density at radius 1 is 1.32 bits per heavy atom. The normalized spacial score (nSPS) is 19.8. The van der Waals surface area contributed by atoms with Crippen molar-refractivity contribution in [1.82, 2.24) is 15.4 Å². The maximum Gasteiger partial charge on any atom is 0.278 e. The number of nitrogens with one attached hydrogen (secondary N) is 1. The molecule has 0 fully saturated rings. The molecule has 1 aliphatic rings. The van der Waals surface area contributed by atoms with Crippen molar-refractivity contribution in [2.45, 2.75) is 26.2 Å². The van der Waals surface area contributed by atoms with E-state index in [9.17, 15) is 14.0 Å². The highest BCUT2D eigenvalue weighted by Crippen LogP contribution is 2.45. The van der Waals surface area contributed by atoms with Crippen molar-refractivity contribution in [3.8, 4) is 6.07 Å². The molecular weight excluding hydrogens is 328 g/mol. The van der Waals surface area contributed by atoms with Crippen molar-refractivity contribution in [3.05, 3.63) is 40.7 Å². The van der Waals surface area contributed by atoms with Gasteiger partial charge < -0.3 is 4.52 Å². The molecule has 8 heteroatoms. The van der Waals surface area contributed by atoms with Gasteiger partial charge in [-0.2, -0.15) is 10.4 Å². The lowest BCUT2D eigenvalue weighted by atomic mass is 9.77. The molecule has 3 aromatic rings. The minimum absolute atomic E-state index is 0.0494. The van der Waals surface area contributed by atoms with Crippen molar-refractivity contribution >= 4 is 22.5 Å². The van der Waals surface area contributed by atoms with Crippen molar-refractivity contribution < 1.29 is 13.3 Å². The fraction of sp³-hybridized carbons (Fsp3) is 0.294. The van der Waals surface area contributed by atoms with Gasteiger partial charge in [0.2, 0.25) is 0 Å². The molecule has 0 radical (unpaired) electrons. The second-order valence-corrected chi connectivity index (χ2v) is 6.03. The topological polar surface area (TPSA) is 90.9 Å². The molecule has 1 N–H and O–H groups in total. The average molecular weight is 341 g/mol. The first-order chi connectivity index (χ1) is 12.0.